The zero-order valence-electron chi connectivity index (χ0n) is 19.5. The van der Waals surface area contributed by atoms with Gasteiger partial charge in [0.05, 0.1) is 0 Å². The molecule has 0 N–H and O–H groups in total. The Morgan fingerprint density at radius 3 is 1.50 bits per heavy atom. The Hall–Kier alpha value is -0.786. The van der Waals surface area contributed by atoms with Crippen LogP contribution in [0.5, 0.6) is 0 Å². The molecule has 32 heavy (non-hydrogen) atoms. The Kier molecular flexibility index (Phi) is 8.95. The third-order valence-electron chi connectivity index (χ3n) is 8.11. The zero-order valence-corrected chi connectivity index (χ0v) is 22.6. The molecule has 3 aliphatic rings. The van der Waals surface area contributed by atoms with E-state index in [-0.39, 0.29) is 24.8 Å². The van der Waals surface area contributed by atoms with Crippen molar-refractivity contribution in [3.63, 3.8) is 0 Å². The first-order valence-corrected chi connectivity index (χ1v) is 16.4. The molecule has 0 aromatic heterocycles. The topological polar surface area (TPSA) is 0 Å². The molecule has 1 fully saturated rings. The third-order valence-corrected chi connectivity index (χ3v) is 17.8. The van der Waals surface area contributed by atoms with Crippen molar-refractivity contribution >= 4 is 12.2 Å². The smallest absolute Gasteiger partial charge is 1.00 e. The number of allylic oxidation sites excluding steroid dienone is 2. The van der Waals surface area contributed by atoms with E-state index in [0.29, 0.717) is 0 Å². The molecule has 5 rings (SSSR count). The van der Waals surface area contributed by atoms with E-state index in [2.05, 4.69) is 74.5 Å². The molecule has 0 saturated carbocycles. The number of rotatable bonds is 8. The van der Waals surface area contributed by atoms with Crippen LogP contribution in [0.3, 0.4) is 0 Å². The van der Waals surface area contributed by atoms with E-state index >= 15 is 0 Å². The molecule has 0 amide bonds. The molecule has 0 nitrogen and oxygen atoms in total. The van der Waals surface area contributed by atoms with E-state index in [1.165, 1.54) is 56.1 Å². The minimum Gasteiger partial charge on any atom is -1.00 e. The van der Waals surface area contributed by atoms with Gasteiger partial charge in [0.2, 0.25) is 0 Å². The van der Waals surface area contributed by atoms with E-state index in [1.54, 1.807) is 31.7 Å². The Labute approximate surface area is 211 Å². The van der Waals surface area contributed by atoms with Crippen molar-refractivity contribution < 1.29 is 41.4 Å². The van der Waals surface area contributed by atoms with Crippen LogP contribution in [-0.2, 0) is 16.6 Å². The van der Waals surface area contributed by atoms with E-state index in [4.69, 9.17) is 0 Å². The van der Waals surface area contributed by atoms with Crippen LogP contribution in [0.25, 0.3) is 12.2 Å². The SMILES string of the molecule is CCCCC1=Cc2ccccc2[CH]1[Ti+2]1([CH]2C(CCCC)=Cc3ccccc32)[CH2]C[CH2]1.[Cl-].[Cl-]. The number of fused-ring (bicyclic) bond motifs is 2. The first kappa shape index (κ1) is 25.8. The van der Waals surface area contributed by atoms with Crippen LogP contribution in [0.2, 0.25) is 9.45 Å². The van der Waals surface area contributed by atoms with Gasteiger partial charge < -0.3 is 24.8 Å². The van der Waals surface area contributed by atoms with Gasteiger partial charge in [-0.05, 0) is 0 Å². The van der Waals surface area contributed by atoms with Crippen molar-refractivity contribution in [3.8, 4) is 0 Å². The summed E-state index contributed by atoms with van der Waals surface area (Å²) in [6.45, 7) is 4.69. The quantitative estimate of drug-likeness (QED) is 0.486. The molecule has 2 atom stereocenters. The summed E-state index contributed by atoms with van der Waals surface area (Å²) in [5.41, 5.74) is 10.1. The molecule has 2 unspecified atom stereocenters. The fourth-order valence-corrected chi connectivity index (χ4v) is 16.6. The molecule has 0 spiro atoms. The summed E-state index contributed by atoms with van der Waals surface area (Å²) in [5.74, 6) is 0. The maximum absolute atomic E-state index is 2.61. The Bertz CT molecular complexity index is 911. The van der Waals surface area contributed by atoms with Crippen molar-refractivity contribution in [1.29, 1.82) is 0 Å². The maximum atomic E-state index is 2.61. The van der Waals surface area contributed by atoms with Crippen LogP contribution in [-0.4, -0.2) is 0 Å². The van der Waals surface area contributed by atoms with E-state index in [9.17, 15) is 0 Å². The number of benzene rings is 2. The van der Waals surface area contributed by atoms with Gasteiger partial charge in [0.25, 0.3) is 0 Å². The average molecular weight is 503 g/mol. The van der Waals surface area contributed by atoms with Crippen molar-refractivity contribution in [3.05, 3.63) is 81.9 Å². The number of hydrogen-bond donors (Lipinski definition) is 0. The van der Waals surface area contributed by atoms with Crippen molar-refractivity contribution in [1.82, 2.24) is 0 Å². The first-order chi connectivity index (χ1) is 14.8. The predicted octanol–water partition coefficient (Wildman–Crippen LogP) is 3.05. The van der Waals surface area contributed by atoms with Crippen LogP contribution >= 0.6 is 0 Å². The van der Waals surface area contributed by atoms with Crippen LogP contribution in [0.1, 0.15) is 89.5 Å². The monoisotopic (exact) mass is 502 g/mol. The number of unbranched alkanes of at least 4 members (excludes halogenated alkanes) is 2. The Morgan fingerprint density at radius 1 is 0.688 bits per heavy atom. The average Bonchev–Trinajstić information content (AvgIpc) is 3.29. The van der Waals surface area contributed by atoms with Crippen LogP contribution in [0.15, 0.2) is 59.7 Å². The molecule has 1 saturated heterocycles. The molecule has 0 bridgehead atoms. The van der Waals surface area contributed by atoms with Gasteiger partial charge in [0.15, 0.2) is 0 Å². The molecule has 0 radical (unpaired) electrons. The standard InChI is InChI=1S/2C13H15.C3H6.2ClH.Ti/c2*1-2-3-6-11-9-12-7-4-5-8-13(12)10-11;1-3-2;;;/h2*4-5,7-10H,2-3,6H2,1H3;1-3H2;2*1H;/q;;;;;+2/p-2. The van der Waals surface area contributed by atoms with Gasteiger partial charge >= 0.3 is 187 Å². The third kappa shape index (κ3) is 4.34. The van der Waals surface area contributed by atoms with E-state index in [0.717, 1.165) is 8.45 Å². The minimum atomic E-state index is -2.21. The van der Waals surface area contributed by atoms with Crippen molar-refractivity contribution in [2.45, 2.75) is 76.7 Å². The second-order valence-electron chi connectivity index (χ2n) is 9.86. The molecule has 2 aromatic carbocycles. The summed E-state index contributed by atoms with van der Waals surface area (Å²) in [7, 11) is 0. The number of halogens is 2. The van der Waals surface area contributed by atoms with Gasteiger partial charge in [0, 0.05) is 0 Å². The zero-order chi connectivity index (χ0) is 20.6. The van der Waals surface area contributed by atoms with Gasteiger partial charge in [-0.25, -0.2) is 0 Å². The van der Waals surface area contributed by atoms with Crippen LogP contribution in [0.4, 0.5) is 0 Å². The molecule has 3 heteroatoms. The van der Waals surface area contributed by atoms with Gasteiger partial charge in [-0.2, -0.15) is 0 Å². The van der Waals surface area contributed by atoms with Crippen LogP contribution in [0, 0.1) is 0 Å². The minimum absolute atomic E-state index is 0. The molecule has 2 aliphatic carbocycles. The largest absolute Gasteiger partial charge is 1.00 e. The summed E-state index contributed by atoms with van der Waals surface area (Å²) in [6.07, 6.45) is 14.6. The summed E-state index contributed by atoms with van der Waals surface area (Å²) >= 11 is -2.21. The van der Waals surface area contributed by atoms with Gasteiger partial charge in [-0.1, -0.05) is 0 Å². The molecular formula is C29H36Cl2Ti. The first-order valence-electron chi connectivity index (χ1n) is 12.4. The summed E-state index contributed by atoms with van der Waals surface area (Å²) in [4.78, 5) is 0. The van der Waals surface area contributed by atoms with Crippen molar-refractivity contribution in [2.75, 3.05) is 0 Å². The summed E-state index contributed by atoms with van der Waals surface area (Å²) in [6, 6.07) is 18.8. The van der Waals surface area contributed by atoms with Crippen LogP contribution < -0.4 is 24.8 Å². The predicted molar refractivity (Wildman–Crippen MR) is 128 cm³/mol. The van der Waals surface area contributed by atoms with Crippen molar-refractivity contribution in [2.24, 2.45) is 0 Å². The number of hydrogen-bond acceptors (Lipinski definition) is 0. The summed E-state index contributed by atoms with van der Waals surface area (Å²) < 4.78 is 4.71. The molecular weight excluding hydrogens is 467 g/mol. The molecule has 1 aliphatic heterocycles. The maximum Gasteiger partial charge on any atom is -1.00 e. The second-order valence-corrected chi connectivity index (χ2v) is 17.1. The van der Waals surface area contributed by atoms with Gasteiger partial charge in [-0.15, -0.1) is 0 Å². The normalized spacial score (nSPS) is 20.9. The second kappa shape index (κ2) is 11.1. The Morgan fingerprint density at radius 2 is 1.12 bits per heavy atom. The van der Waals surface area contributed by atoms with E-state index < -0.39 is 16.6 Å². The molecule has 1 heterocycles. The van der Waals surface area contributed by atoms with E-state index in [1.807, 2.05) is 0 Å². The molecule has 170 valence electrons. The summed E-state index contributed by atoms with van der Waals surface area (Å²) in [5, 5.41) is 0. The van der Waals surface area contributed by atoms with Gasteiger partial charge in [0.1, 0.15) is 0 Å². The fraction of sp³-hybridized carbons (Fsp3) is 0.448. The van der Waals surface area contributed by atoms with Gasteiger partial charge in [-0.3, -0.25) is 0 Å². The Balaban J connectivity index is 0.00000144. The molecule has 2 aromatic rings. The fourth-order valence-electron chi connectivity index (χ4n) is 6.66.